The maximum Gasteiger partial charge on any atom is 0.308 e. The molecule has 0 unspecified atom stereocenters. The van der Waals surface area contributed by atoms with Gasteiger partial charge < -0.3 is 13.6 Å². The predicted octanol–water partition coefficient (Wildman–Crippen LogP) is 2.37. The minimum Gasteiger partial charge on any atom is -0.457 e. The lowest BCUT2D eigenvalue weighted by Crippen LogP contribution is -2.40. The van der Waals surface area contributed by atoms with Crippen LogP contribution in [0.15, 0.2) is 0 Å². The fraction of sp³-hybridized carbons (Fsp3) is 0.909. The van der Waals surface area contributed by atoms with Crippen LogP contribution < -0.4 is 0 Å². The van der Waals surface area contributed by atoms with Gasteiger partial charge in [0, 0.05) is 0 Å². The van der Waals surface area contributed by atoms with Crippen molar-refractivity contribution in [2.75, 3.05) is 6.61 Å². The Morgan fingerprint density at radius 1 is 1.18 bits per heavy atom. The molecule has 1 saturated heterocycles. The highest BCUT2D eigenvalue weighted by Crippen LogP contribution is 2.23. The molecule has 1 fully saturated rings. The van der Waals surface area contributed by atoms with E-state index in [0.29, 0.717) is 13.0 Å². The Bertz CT molecular complexity index is 280. The van der Waals surface area contributed by atoms with E-state index in [9.17, 15) is 4.79 Å². The first-order chi connectivity index (χ1) is 7.57. The van der Waals surface area contributed by atoms with Gasteiger partial charge in [0.15, 0.2) is 16.6 Å². The van der Waals surface area contributed by atoms with Crippen LogP contribution in [0.3, 0.4) is 0 Å². The molecule has 4 nitrogen and oxygen atoms in total. The van der Waals surface area contributed by atoms with Crippen molar-refractivity contribution in [2.45, 2.75) is 57.9 Å². The van der Waals surface area contributed by atoms with Gasteiger partial charge in [-0.25, -0.2) is 0 Å². The van der Waals surface area contributed by atoms with Crippen LogP contribution in [-0.2, 0) is 18.4 Å². The Kier molecular flexibility index (Phi) is 4.56. The minimum atomic E-state index is -1.64. The molecule has 0 amide bonds. The summed E-state index contributed by atoms with van der Waals surface area (Å²) in [6.45, 7) is 13.2. The minimum absolute atomic E-state index is 0.120. The molecule has 1 aliphatic heterocycles. The average Bonchev–Trinajstić information content (AvgIpc) is 2.38. The molecule has 1 rings (SSSR count). The zero-order valence-electron chi connectivity index (χ0n) is 11.7. The first kappa shape index (κ1) is 14.9. The van der Waals surface area contributed by atoms with Gasteiger partial charge >= 0.3 is 5.97 Å². The van der Waals surface area contributed by atoms with Gasteiger partial charge in [0.2, 0.25) is 0 Å². The zero-order valence-corrected chi connectivity index (χ0v) is 13.7. The van der Waals surface area contributed by atoms with Crippen LogP contribution in [0.25, 0.3) is 0 Å². The number of hydrogen-bond acceptors (Lipinski definition) is 4. The van der Waals surface area contributed by atoms with Gasteiger partial charge in [0.1, 0.15) is 6.10 Å². The Morgan fingerprint density at radius 3 is 2.24 bits per heavy atom. The van der Waals surface area contributed by atoms with E-state index in [4.69, 9.17) is 13.6 Å². The van der Waals surface area contributed by atoms with E-state index in [1.807, 2.05) is 0 Å². The molecular weight excluding hydrogens is 252 g/mol. The van der Waals surface area contributed by atoms with Crippen LogP contribution in [-0.4, -0.2) is 41.4 Å². The second kappa shape index (κ2) is 5.21. The number of carbonyl (C=O) groups is 1. The highest BCUT2D eigenvalue weighted by Gasteiger charge is 2.39. The molecule has 0 spiro atoms. The maximum atomic E-state index is 11.3. The Hall–Kier alpha value is -0.176. The van der Waals surface area contributed by atoms with E-state index in [0.717, 1.165) is 0 Å². The largest absolute Gasteiger partial charge is 0.457 e. The van der Waals surface area contributed by atoms with Crippen molar-refractivity contribution >= 4 is 22.6 Å². The number of cyclic esters (lactones) is 1. The maximum absolute atomic E-state index is 11.3. The molecule has 0 aromatic rings. The van der Waals surface area contributed by atoms with Crippen LogP contribution >= 0.6 is 0 Å². The molecule has 0 aromatic carbocycles. The van der Waals surface area contributed by atoms with Crippen LogP contribution in [0.4, 0.5) is 0 Å². The smallest absolute Gasteiger partial charge is 0.308 e. The van der Waals surface area contributed by atoms with E-state index < -0.39 is 16.6 Å². The summed E-state index contributed by atoms with van der Waals surface area (Å²) in [5.74, 6) is -0.169. The van der Waals surface area contributed by atoms with Crippen molar-refractivity contribution in [2.24, 2.45) is 0 Å². The molecule has 17 heavy (non-hydrogen) atoms. The number of carbonyl (C=O) groups excluding carboxylic acids is 1. The molecule has 1 heterocycles. The molecule has 100 valence electrons. The lowest BCUT2D eigenvalue weighted by Gasteiger charge is -2.27. The molecule has 0 aromatic heterocycles. The first-order valence-corrected chi connectivity index (χ1v) is 12.9. The Morgan fingerprint density at radius 2 is 1.76 bits per heavy atom. The number of hydrogen-bond donors (Lipinski definition) is 0. The second-order valence-electron chi connectivity index (χ2n) is 6.42. The SMILES string of the molecule is C[Si](C)(C)OC[C@H]1OC(=O)C[C@@H]1O[Si](C)(C)C. The highest BCUT2D eigenvalue weighted by atomic mass is 28.4. The molecule has 0 N–H and O–H groups in total. The predicted molar refractivity (Wildman–Crippen MR) is 72.0 cm³/mol. The van der Waals surface area contributed by atoms with Crippen LogP contribution in [0.5, 0.6) is 0 Å². The summed E-state index contributed by atoms with van der Waals surface area (Å²) in [4.78, 5) is 11.3. The summed E-state index contributed by atoms with van der Waals surface area (Å²) < 4.78 is 17.0. The van der Waals surface area contributed by atoms with Crippen LogP contribution in [0.2, 0.25) is 39.3 Å². The number of ether oxygens (including phenoxy) is 1. The van der Waals surface area contributed by atoms with Gasteiger partial charge in [-0.2, -0.15) is 0 Å². The lowest BCUT2D eigenvalue weighted by molar-refractivity contribution is -0.142. The summed E-state index contributed by atoms with van der Waals surface area (Å²) in [5, 5.41) is 0. The molecule has 6 heteroatoms. The van der Waals surface area contributed by atoms with E-state index in [1.54, 1.807) is 0 Å². The third-order valence-corrected chi connectivity index (χ3v) is 4.29. The number of rotatable bonds is 5. The topological polar surface area (TPSA) is 44.8 Å². The molecule has 0 bridgehead atoms. The molecule has 1 aliphatic rings. The van der Waals surface area contributed by atoms with Crippen LogP contribution in [0, 0.1) is 0 Å². The standard InChI is InChI=1S/C11H24O4Si2/c1-16(2,3)13-8-10-9(7-11(12)14-10)15-17(4,5)6/h9-10H,7-8H2,1-6H3/t9-,10+/m0/s1. The highest BCUT2D eigenvalue weighted by molar-refractivity contribution is 6.70. The van der Waals surface area contributed by atoms with Crippen molar-refractivity contribution in [1.29, 1.82) is 0 Å². The summed E-state index contributed by atoms with van der Waals surface area (Å²) in [6, 6.07) is 0. The lowest BCUT2D eigenvalue weighted by atomic mass is 10.2. The third-order valence-electron chi connectivity index (χ3n) is 2.25. The Labute approximate surface area is 106 Å². The fourth-order valence-corrected chi connectivity index (χ4v) is 3.44. The van der Waals surface area contributed by atoms with Gasteiger partial charge in [-0.05, 0) is 39.3 Å². The Balaban J connectivity index is 2.54. The van der Waals surface area contributed by atoms with Crippen molar-refractivity contribution < 1.29 is 18.4 Å². The zero-order chi connectivity index (χ0) is 13.3. The molecule has 0 aliphatic carbocycles. The average molecular weight is 276 g/mol. The van der Waals surface area contributed by atoms with E-state index in [-0.39, 0.29) is 18.2 Å². The van der Waals surface area contributed by atoms with Crippen molar-refractivity contribution in [3.63, 3.8) is 0 Å². The van der Waals surface area contributed by atoms with E-state index >= 15 is 0 Å². The summed E-state index contributed by atoms with van der Waals surface area (Å²) in [5.41, 5.74) is 0. The molecule has 0 saturated carbocycles. The second-order valence-corrected chi connectivity index (χ2v) is 15.4. The summed E-state index contributed by atoms with van der Waals surface area (Å²) >= 11 is 0. The number of esters is 1. The van der Waals surface area contributed by atoms with Crippen molar-refractivity contribution in [1.82, 2.24) is 0 Å². The van der Waals surface area contributed by atoms with Gasteiger partial charge in [0.25, 0.3) is 0 Å². The van der Waals surface area contributed by atoms with Crippen LogP contribution in [0.1, 0.15) is 6.42 Å². The van der Waals surface area contributed by atoms with E-state index in [1.165, 1.54) is 0 Å². The normalized spacial score (nSPS) is 26.1. The summed E-state index contributed by atoms with van der Waals surface area (Å²) in [6.07, 6.45) is 0.0238. The third kappa shape index (κ3) is 5.80. The fourth-order valence-electron chi connectivity index (χ4n) is 1.63. The molecule has 2 atom stereocenters. The van der Waals surface area contributed by atoms with Crippen molar-refractivity contribution in [3.05, 3.63) is 0 Å². The first-order valence-electron chi connectivity index (χ1n) is 6.08. The van der Waals surface area contributed by atoms with Gasteiger partial charge in [-0.1, -0.05) is 0 Å². The van der Waals surface area contributed by atoms with Gasteiger partial charge in [0.05, 0.1) is 19.1 Å². The van der Waals surface area contributed by atoms with Gasteiger partial charge in [-0.3, -0.25) is 4.79 Å². The monoisotopic (exact) mass is 276 g/mol. The molecule has 0 radical (unpaired) electrons. The molecular formula is C11H24O4Si2. The quantitative estimate of drug-likeness (QED) is 0.571. The van der Waals surface area contributed by atoms with Gasteiger partial charge in [-0.15, -0.1) is 0 Å². The van der Waals surface area contributed by atoms with Crippen molar-refractivity contribution in [3.8, 4) is 0 Å². The summed E-state index contributed by atoms with van der Waals surface area (Å²) in [7, 11) is -3.22. The van der Waals surface area contributed by atoms with E-state index in [2.05, 4.69) is 39.3 Å².